The van der Waals surface area contributed by atoms with Crippen LogP contribution >= 0.6 is 22.9 Å². The molecule has 2 aromatic heterocycles. The van der Waals surface area contributed by atoms with E-state index in [0.29, 0.717) is 5.76 Å². The highest BCUT2D eigenvalue weighted by Crippen LogP contribution is 2.26. The van der Waals surface area contributed by atoms with E-state index >= 15 is 0 Å². The molecule has 0 aliphatic carbocycles. The molecule has 0 radical (unpaired) electrons. The Hall–Kier alpha value is -0.890. The summed E-state index contributed by atoms with van der Waals surface area (Å²) in [7, 11) is -3.61. The summed E-state index contributed by atoms with van der Waals surface area (Å²) >= 11 is 6.57. The number of rotatable bonds is 4. The molecule has 2 heterocycles. The zero-order valence-electron chi connectivity index (χ0n) is 10.6. The maximum atomic E-state index is 12.1. The van der Waals surface area contributed by atoms with Gasteiger partial charge in [0.2, 0.25) is 0 Å². The van der Waals surface area contributed by atoms with Crippen molar-refractivity contribution in [2.45, 2.75) is 31.0 Å². The highest BCUT2D eigenvalue weighted by atomic mass is 35.5. The van der Waals surface area contributed by atoms with Gasteiger partial charge in [-0.25, -0.2) is 18.1 Å². The van der Waals surface area contributed by atoms with Gasteiger partial charge in [0.25, 0.3) is 10.0 Å². The Balaban J connectivity index is 2.23. The van der Waals surface area contributed by atoms with Gasteiger partial charge in [0.15, 0.2) is 8.68 Å². The van der Waals surface area contributed by atoms with Gasteiger partial charge in [-0.1, -0.05) is 22.9 Å². The summed E-state index contributed by atoms with van der Waals surface area (Å²) < 4.78 is 32.5. The molecule has 1 unspecified atom stereocenters. The van der Waals surface area contributed by atoms with E-state index in [4.69, 9.17) is 16.0 Å². The number of halogens is 1. The zero-order valence-corrected chi connectivity index (χ0v) is 13.0. The second-order valence-electron chi connectivity index (χ2n) is 4.14. The molecule has 0 saturated carbocycles. The number of furan rings is 1. The molecule has 8 heteroatoms. The molecule has 0 saturated heterocycles. The van der Waals surface area contributed by atoms with Crippen molar-refractivity contribution in [3.63, 3.8) is 0 Å². The molecule has 1 atom stereocenters. The number of hydrogen-bond acceptors (Lipinski definition) is 5. The molecule has 0 bridgehead atoms. The molecule has 104 valence electrons. The van der Waals surface area contributed by atoms with E-state index < -0.39 is 10.0 Å². The third kappa shape index (κ3) is 3.17. The van der Waals surface area contributed by atoms with Gasteiger partial charge in [-0.05, 0) is 26.8 Å². The van der Waals surface area contributed by atoms with Gasteiger partial charge in [-0.2, -0.15) is 0 Å². The van der Waals surface area contributed by atoms with Crippen molar-refractivity contribution in [3.8, 4) is 0 Å². The Bertz CT molecular complexity index is 691. The quantitative estimate of drug-likeness (QED) is 0.939. The lowest BCUT2D eigenvalue weighted by Crippen LogP contribution is -2.26. The topological polar surface area (TPSA) is 72.2 Å². The maximum absolute atomic E-state index is 12.1. The van der Waals surface area contributed by atoms with Gasteiger partial charge >= 0.3 is 0 Å². The molecule has 0 spiro atoms. The second kappa shape index (κ2) is 5.24. The van der Waals surface area contributed by atoms with Crippen molar-refractivity contribution in [2.75, 3.05) is 0 Å². The van der Waals surface area contributed by atoms with Crippen molar-refractivity contribution < 1.29 is 12.8 Å². The molecule has 2 aromatic rings. The van der Waals surface area contributed by atoms with Crippen molar-refractivity contribution in [2.24, 2.45) is 0 Å². The first-order chi connectivity index (χ1) is 8.79. The van der Waals surface area contributed by atoms with Crippen LogP contribution in [0.4, 0.5) is 0 Å². The lowest BCUT2D eigenvalue weighted by atomic mass is 10.1. The van der Waals surface area contributed by atoms with E-state index in [1.807, 2.05) is 13.0 Å². The Morgan fingerprint density at radius 2 is 2.16 bits per heavy atom. The summed E-state index contributed by atoms with van der Waals surface area (Å²) in [6, 6.07) is 1.44. The van der Waals surface area contributed by atoms with Gasteiger partial charge in [-0.15, -0.1) is 0 Å². The van der Waals surface area contributed by atoms with Crippen LogP contribution in [0.15, 0.2) is 20.9 Å². The summed E-state index contributed by atoms with van der Waals surface area (Å²) in [5.74, 6) is 1.45. The van der Waals surface area contributed by atoms with E-state index in [0.717, 1.165) is 22.7 Å². The van der Waals surface area contributed by atoms with Crippen molar-refractivity contribution in [1.82, 2.24) is 9.71 Å². The van der Waals surface area contributed by atoms with Gasteiger partial charge in [0, 0.05) is 11.6 Å². The molecule has 2 rings (SSSR count). The number of nitrogens with one attached hydrogen (secondary N) is 1. The average molecular weight is 321 g/mol. The largest absolute Gasteiger partial charge is 0.466 e. The number of aromatic nitrogens is 1. The molecule has 5 nitrogen and oxygen atoms in total. The number of nitrogens with zero attached hydrogens (tertiary/aromatic N) is 1. The Kier molecular flexibility index (Phi) is 4.00. The van der Waals surface area contributed by atoms with E-state index in [-0.39, 0.29) is 14.7 Å². The van der Waals surface area contributed by atoms with E-state index in [1.165, 1.54) is 6.20 Å². The molecule has 0 aromatic carbocycles. The van der Waals surface area contributed by atoms with Gasteiger partial charge < -0.3 is 4.42 Å². The first kappa shape index (κ1) is 14.5. The summed E-state index contributed by atoms with van der Waals surface area (Å²) in [4.78, 5) is 3.73. The fourth-order valence-corrected chi connectivity index (χ4v) is 4.33. The molecular formula is C11H13ClN2O3S2. The normalized spacial score (nSPS) is 13.7. The fraction of sp³-hybridized carbons (Fsp3) is 0.364. The minimum Gasteiger partial charge on any atom is -0.466 e. The molecule has 0 fully saturated rings. The lowest BCUT2D eigenvalue weighted by molar-refractivity contribution is 0.496. The fourth-order valence-electron chi connectivity index (χ4n) is 1.80. The predicted molar refractivity (Wildman–Crippen MR) is 74.0 cm³/mol. The third-order valence-electron chi connectivity index (χ3n) is 2.60. The maximum Gasteiger partial charge on any atom is 0.252 e. The molecule has 0 amide bonds. The first-order valence-electron chi connectivity index (χ1n) is 5.50. The van der Waals surface area contributed by atoms with Crippen LogP contribution in [0.25, 0.3) is 0 Å². The Morgan fingerprint density at radius 3 is 2.63 bits per heavy atom. The van der Waals surface area contributed by atoms with Gasteiger partial charge in [0.05, 0.1) is 6.20 Å². The number of aryl methyl sites for hydroxylation is 2. The monoisotopic (exact) mass is 320 g/mol. The van der Waals surface area contributed by atoms with Gasteiger partial charge in [0.1, 0.15) is 11.5 Å². The predicted octanol–water partition coefficient (Wildman–Crippen LogP) is 3.05. The standard InChI is InChI=1S/C11H13ClN2O3S2/c1-6-4-9(8(3)17-6)7(2)14-19(15,16)10-5-13-11(12)18-10/h4-5,7,14H,1-3H3. The van der Waals surface area contributed by atoms with Crippen LogP contribution in [0.2, 0.25) is 4.47 Å². The van der Waals surface area contributed by atoms with Crippen LogP contribution < -0.4 is 4.72 Å². The first-order valence-corrected chi connectivity index (χ1v) is 8.18. The summed E-state index contributed by atoms with van der Waals surface area (Å²) in [6.07, 6.45) is 1.25. The van der Waals surface area contributed by atoms with Crippen LogP contribution in [0.5, 0.6) is 0 Å². The third-order valence-corrected chi connectivity index (χ3v) is 5.72. The highest BCUT2D eigenvalue weighted by molar-refractivity contribution is 7.91. The second-order valence-corrected chi connectivity index (χ2v) is 7.70. The van der Waals surface area contributed by atoms with Crippen LogP contribution in [-0.2, 0) is 10.0 Å². The van der Waals surface area contributed by atoms with Crippen LogP contribution in [0, 0.1) is 13.8 Å². The van der Waals surface area contributed by atoms with E-state index in [1.54, 1.807) is 13.8 Å². The average Bonchev–Trinajstić information content (AvgIpc) is 2.84. The number of sulfonamides is 1. The zero-order chi connectivity index (χ0) is 14.2. The summed E-state index contributed by atoms with van der Waals surface area (Å²) in [5.41, 5.74) is 0.816. The minimum atomic E-state index is -3.61. The van der Waals surface area contributed by atoms with Crippen molar-refractivity contribution in [1.29, 1.82) is 0 Å². The number of hydrogen-bond donors (Lipinski definition) is 1. The van der Waals surface area contributed by atoms with E-state index in [2.05, 4.69) is 9.71 Å². The molecular weight excluding hydrogens is 308 g/mol. The smallest absolute Gasteiger partial charge is 0.252 e. The van der Waals surface area contributed by atoms with Gasteiger partial charge in [-0.3, -0.25) is 0 Å². The lowest BCUT2D eigenvalue weighted by Gasteiger charge is -2.12. The minimum absolute atomic E-state index is 0.0993. The molecule has 19 heavy (non-hydrogen) atoms. The van der Waals surface area contributed by atoms with E-state index in [9.17, 15) is 8.42 Å². The molecule has 1 N–H and O–H groups in total. The summed E-state index contributed by atoms with van der Waals surface area (Å²) in [6.45, 7) is 5.38. The highest BCUT2D eigenvalue weighted by Gasteiger charge is 2.23. The number of thiazole rings is 1. The molecule has 0 aliphatic rings. The summed E-state index contributed by atoms with van der Waals surface area (Å²) in [5, 5.41) is 0. The van der Waals surface area contributed by atoms with Crippen LogP contribution in [-0.4, -0.2) is 13.4 Å². The van der Waals surface area contributed by atoms with Crippen molar-refractivity contribution >= 4 is 33.0 Å². The van der Waals surface area contributed by atoms with Crippen LogP contribution in [0.1, 0.15) is 30.0 Å². The Morgan fingerprint density at radius 1 is 1.47 bits per heavy atom. The van der Waals surface area contributed by atoms with Crippen molar-refractivity contribution in [3.05, 3.63) is 33.8 Å². The molecule has 0 aliphatic heterocycles. The Labute approximate surface area is 120 Å². The SMILES string of the molecule is Cc1cc(C(C)NS(=O)(=O)c2cnc(Cl)s2)c(C)o1. The van der Waals surface area contributed by atoms with Crippen LogP contribution in [0.3, 0.4) is 0 Å².